The van der Waals surface area contributed by atoms with Gasteiger partial charge < -0.3 is 24.5 Å². The largest absolute Gasteiger partial charge is 0.404 e. The Morgan fingerprint density at radius 2 is 1.68 bits per heavy atom. The molecule has 1 aliphatic carbocycles. The monoisotopic (exact) mass is 543 g/mol. The summed E-state index contributed by atoms with van der Waals surface area (Å²) in [7, 11) is 0. The molecular formula is C31H37N5O4. The fraction of sp³-hybridized carbons (Fsp3) is 0.484. The summed E-state index contributed by atoms with van der Waals surface area (Å²) in [5.41, 5.74) is 11.4. The van der Waals surface area contributed by atoms with Crippen molar-refractivity contribution in [1.29, 1.82) is 5.26 Å². The summed E-state index contributed by atoms with van der Waals surface area (Å²) >= 11 is 0. The van der Waals surface area contributed by atoms with Gasteiger partial charge in [-0.2, -0.15) is 5.26 Å². The lowest BCUT2D eigenvalue weighted by Crippen LogP contribution is -2.38. The maximum atomic E-state index is 13.7. The normalized spacial score (nSPS) is 17.9. The van der Waals surface area contributed by atoms with E-state index in [2.05, 4.69) is 29.3 Å². The highest BCUT2D eigenvalue weighted by Gasteiger charge is 2.30. The van der Waals surface area contributed by atoms with E-state index in [0.717, 1.165) is 69.7 Å². The maximum absolute atomic E-state index is 13.7. The van der Waals surface area contributed by atoms with Crippen molar-refractivity contribution in [1.82, 2.24) is 15.1 Å². The Hall–Kier alpha value is -3.74. The van der Waals surface area contributed by atoms with Gasteiger partial charge in [-0.05, 0) is 78.8 Å². The fourth-order valence-corrected chi connectivity index (χ4v) is 5.60. The van der Waals surface area contributed by atoms with Crippen LogP contribution in [0.25, 0.3) is 11.5 Å². The second-order valence-electron chi connectivity index (χ2n) is 10.5. The quantitative estimate of drug-likeness (QED) is 0.472. The first-order valence-corrected chi connectivity index (χ1v) is 14.3. The first kappa shape index (κ1) is 27.8. The molecule has 40 heavy (non-hydrogen) atoms. The van der Waals surface area contributed by atoms with Gasteiger partial charge >= 0.3 is 6.01 Å². The number of benzene rings is 2. The lowest BCUT2D eigenvalue weighted by Gasteiger charge is -2.33. The average molecular weight is 544 g/mol. The van der Waals surface area contributed by atoms with E-state index in [-0.39, 0.29) is 11.9 Å². The van der Waals surface area contributed by atoms with Crippen LogP contribution in [0, 0.1) is 11.3 Å². The third kappa shape index (κ3) is 6.35. The van der Waals surface area contributed by atoms with Gasteiger partial charge in [0, 0.05) is 24.2 Å². The Balaban J connectivity index is 0.000000477. The molecule has 6 rings (SSSR count). The molecule has 210 valence electrons. The number of aryl methyl sites for hydroxylation is 1. The number of carbonyl (C=O) groups is 1. The standard InChI is InChI=1S/C27H29N5O2.C4H8O2/c1-2-18-14-22(21-4-3-5-21)24(25-30-31-27(29)34-25)15-23(18)26(33)32-12-10-20(11-13-32)19-8-6-17(16-28)7-9-19;1-2-6-4-3-5-1/h6-9,14-15,20-21H,2-5,10-13H2,1H3,(H2,29,31);1-4H2. The number of amides is 1. The van der Waals surface area contributed by atoms with Crippen molar-refractivity contribution in [2.75, 3.05) is 45.3 Å². The van der Waals surface area contributed by atoms with Crippen LogP contribution < -0.4 is 5.73 Å². The SMILES string of the molecule is C1COCCO1.CCc1cc(C2CCC2)c(-c2nnc(N)o2)cc1C(=O)N1CCC(c2ccc(C#N)cc2)CC1. The zero-order valence-electron chi connectivity index (χ0n) is 23.1. The summed E-state index contributed by atoms with van der Waals surface area (Å²) in [6.07, 6.45) is 6.09. The number of hydrogen-bond acceptors (Lipinski definition) is 8. The molecule has 9 nitrogen and oxygen atoms in total. The van der Waals surface area contributed by atoms with Crippen LogP contribution in [0.3, 0.4) is 0 Å². The molecule has 1 amide bonds. The van der Waals surface area contributed by atoms with Crippen LogP contribution in [-0.2, 0) is 15.9 Å². The number of nitrogens with zero attached hydrogens (tertiary/aromatic N) is 4. The summed E-state index contributed by atoms with van der Waals surface area (Å²) in [6.45, 7) is 6.62. The van der Waals surface area contributed by atoms with Crippen LogP contribution in [0.5, 0.6) is 0 Å². The highest BCUT2D eigenvalue weighted by atomic mass is 16.6. The number of rotatable bonds is 5. The highest BCUT2D eigenvalue weighted by molar-refractivity contribution is 5.97. The Labute approximate surface area is 235 Å². The van der Waals surface area contributed by atoms with Gasteiger partial charge in [0.25, 0.3) is 5.91 Å². The first-order chi connectivity index (χ1) is 19.6. The molecule has 0 radical (unpaired) electrons. The average Bonchev–Trinajstić information content (AvgIpc) is 3.43. The van der Waals surface area contributed by atoms with Gasteiger partial charge in [-0.15, -0.1) is 5.10 Å². The number of carbonyl (C=O) groups excluding carboxylic acids is 1. The number of anilines is 1. The number of nitrogens with two attached hydrogens (primary N) is 1. The zero-order chi connectivity index (χ0) is 27.9. The summed E-state index contributed by atoms with van der Waals surface area (Å²) in [5.74, 6) is 1.31. The van der Waals surface area contributed by atoms with Crippen LogP contribution in [-0.4, -0.2) is 60.5 Å². The van der Waals surface area contributed by atoms with E-state index < -0.39 is 0 Å². The molecule has 0 atom stereocenters. The number of ether oxygens (including phenoxy) is 2. The predicted octanol–water partition coefficient (Wildman–Crippen LogP) is 5.07. The lowest BCUT2D eigenvalue weighted by molar-refractivity contribution is -0.0334. The van der Waals surface area contributed by atoms with Crippen molar-refractivity contribution in [3.63, 3.8) is 0 Å². The predicted molar refractivity (Wildman–Crippen MR) is 151 cm³/mol. The Morgan fingerprint density at radius 1 is 1.00 bits per heavy atom. The molecule has 2 saturated heterocycles. The number of likely N-dealkylation sites (tertiary alicyclic amines) is 1. The van der Waals surface area contributed by atoms with E-state index in [1.807, 2.05) is 35.2 Å². The minimum Gasteiger partial charge on any atom is -0.404 e. The van der Waals surface area contributed by atoms with Crippen LogP contribution in [0.2, 0.25) is 0 Å². The molecule has 1 aromatic heterocycles. The molecule has 3 fully saturated rings. The molecule has 0 unspecified atom stereocenters. The Morgan fingerprint density at radius 3 is 2.17 bits per heavy atom. The number of nitriles is 1. The second kappa shape index (κ2) is 13.1. The topological polar surface area (TPSA) is 128 Å². The number of hydrogen-bond donors (Lipinski definition) is 1. The zero-order valence-corrected chi connectivity index (χ0v) is 23.1. The Kier molecular flexibility index (Phi) is 9.09. The molecule has 0 bridgehead atoms. The van der Waals surface area contributed by atoms with Gasteiger partial charge in [0.15, 0.2) is 0 Å². The Bertz CT molecular complexity index is 1320. The molecule has 2 N–H and O–H groups in total. The van der Waals surface area contributed by atoms with E-state index in [4.69, 9.17) is 24.9 Å². The van der Waals surface area contributed by atoms with E-state index in [0.29, 0.717) is 41.9 Å². The summed E-state index contributed by atoms with van der Waals surface area (Å²) in [4.78, 5) is 15.6. The third-order valence-corrected chi connectivity index (χ3v) is 8.14. The summed E-state index contributed by atoms with van der Waals surface area (Å²) < 4.78 is 15.5. The molecule has 1 saturated carbocycles. The van der Waals surface area contributed by atoms with Gasteiger partial charge in [0.2, 0.25) is 5.89 Å². The number of piperidine rings is 1. The highest BCUT2D eigenvalue weighted by Crippen LogP contribution is 2.42. The smallest absolute Gasteiger partial charge is 0.313 e. The van der Waals surface area contributed by atoms with Crippen LogP contribution in [0.1, 0.15) is 83.5 Å². The number of nitrogen functional groups attached to an aromatic ring is 1. The molecular weight excluding hydrogens is 506 g/mol. The summed E-state index contributed by atoms with van der Waals surface area (Å²) in [6, 6.07) is 14.2. The maximum Gasteiger partial charge on any atom is 0.313 e. The van der Waals surface area contributed by atoms with Gasteiger partial charge in [0.05, 0.1) is 38.1 Å². The van der Waals surface area contributed by atoms with E-state index in [1.54, 1.807) is 0 Å². The molecule has 9 heteroatoms. The van der Waals surface area contributed by atoms with Gasteiger partial charge in [-0.1, -0.05) is 36.6 Å². The van der Waals surface area contributed by atoms with Crippen LogP contribution in [0.4, 0.5) is 6.01 Å². The van der Waals surface area contributed by atoms with Gasteiger partial charge in [-0.3, -0.25) is 4.79 Å². The first-order valence-electron chi connectivity index (χ1n) is 14.3. The van der Waals surface area contributed by atoms with Crippen LogP contribution in [0.15, 0.2) is 40.8 Å². The fourth-order valence-electron chi connectivity index (χ4n) is 5.60. The minimum absolute atomic E-state index is 0.0341. The van der Waals surface area contributed by atoms with Crippen molar-refractivity contribution in [3.05, 3.63) is 64.2 Å². The lowest BCUT2D eigenvalue weighted by atomic mass is 9.76. The third-order valence-electron chi connectivity index (χ3n) is 8.14. The molecule has 3 aromatic rings. The van der Waals surface area contributed by atoms with E-state index in [1.165, 1.54) is 17.5 Å². The van der Waals surface area contributed by atoms with E-state index >= 15 is 0 Å². The van der Waals surface area contributed by atoms with Crippen molar-refractivity contribution >= 4 is 11.9 Å². The van der Waals surface area contributed by atoms with Crippen molar-refractivity contribution in [2.24, 2.45) is 0 Å². The second-order valence-corrected chi connectivity index (χ2v) is 10.5. The summed E-state index contributed by atoms with van der Waals surface area (Å²) in [5, 5.41) is 17.0. The molecule has 0 spiro atoms. The van der Waals surface area contributed by atoms with E-state index in [9.17, 15) is 4.79 Å². The van der Waals surface area contributed by atoms with Crippen molar-refractivity contribution in [3.8, 4) is 17.5 Å². The molecule has 3 aliphatic rings. The van der Waals surface area contributed by atoms with Crippen molar-refractivity contribution in [2.45, 2.75) is 57.3 Å². The molecule has 2 aliphatic heterocycles. The van der Waals surface area contributed by atoms with Crippen molar-refractivity contribution < 1.29 is 18.7 Å². The minimum atomic E-state index is 0.0341. The van der Waals surface area contributed by atoms with Gasteiger partial charge in [0.1, 0.15) is 0 Å². The van der Waals surface area contributed by atoms with Crippen LogP contribution >= 0.6 is 0 Å². The van der Waals surface area contributed by atoms with Gasteiger partial charge in [-0.25, -0.2) is 0 Å². The molecule has 3 heterocycles. The molecule has 2 aromatic carbocycles. The number of aromatic nitrogens is 2.